The molecule has 2 nitrogen and oxygen atoms in total. The first-order valence-electron chi connectivity index (χ1n) is 4.71. The average Bonchev–Trinajstić information content (AvgIpc) is 2.18. The van der Waals surface area contributed by atoms with Crippen LogP contribution in [0.2, 0.25) is 5.02 Å². The Morgan fingerprint density at radius 3 is 2.57 bits per heavy atom. The van der Waals surface area contributed by atoms with Crippen molar-refractivity contribution in [3.05, 3.63) is 34.9 Å². The van der Waals surface area contributed by atoms with Gasteiger partial charge in [-0.2, -0.15) is 0 Å². The van der Waals surface area contributed by atoms with Gasteiger partial charge >= 0.3 is 0 Å². The number of methoxy groups -OCH3 is 1. The first kappa shape index (κ1) is 11.5. The highest BCUT2D eigenvalue weighted by Gasteiger charge is 2.03. The molecule has 3 heteroatoms. The lowest BCUT2D eigenvalue weighted by Gasteiger charge is -2.10. The third-order valence-corrected chi connectivity index (χ3v) is 2.36. The molecule has 0 saturated carbocycles. The van der Waals surface area contributed by atoms with E-state index in [0.717, 1.165) is 24.5 Å². The van der Waals surface area contributed by atoms with Crippen LogP contribution in [0.4, 0.5) is 0 Å². The van der Waals surface area contributed by atoms with Crippen LogP contribution in [-0.2, 0) is 11.2 Å². The molecule has 0 fully saturated rings. The average molecular weight is 214 g/mol. The molecular formula is C11H16ClNO. The van der Waals surface area contributed by atoms with Crippen molar-refractivity contribution in [2.24, 2.45) is 5.73 Å². The van der Waals surface area contributed by atoms with Gasteiger partial charge in [0.1, 0.15) is 0 Å². The number of hydrogen-bond acceptors (Lipinski definition) is 2. The van der Waals surface area contributed by atoms with E-state index < -0.39 is 0 Å². The Hall–Kier alpha value is -0.570. The van der Waals surface area contributed by atoms with Crippen LogP contribution in [-0.4, -0.2) is 19.8 Å². The van der Waals surface area contributed by atoms with Gasteiger partial charge in [0, 0.05) is 24.8 Å². The Kier molecular flexibility index (Phi) is 4.94. The van der Waals surface area contributed by atoms with E-state index >= 15 is 0 Å². The van der Waals surface area contributed by atoms with E-state index in [1.165, 1.54) is 5.56 Å². The van der Waals surface area contributed by atoms with Gasteiger partial charge < -0.3 is 10.5 Å². The smallest absolute Gasteiger partial charge is 0.0477 e. The van der Waals surface area contributed by atoms with Crippen LogP contribution in [0.25, 0.3) is 0 Å². The van der Waals surface area contributed by atoms with Gasteiger partial charge in [0.15, 0.2) is 0 Å². The number of benzene rings is 1. The van der Waals surface area contributed by atoms with Gasteiger partial charge in [-0.25, -0.2) is 0 Å². The van der Waals surface area contributed by atoms with Crippen LogP contribution < -0.4 is 5.73 Å². The standard InChI is InChI=1S/C11H16ClNO/c1-14-7-6-11(13)8-9-2-4-10(12)5-3-9/h2-5,11H,6-8,13H2,1H3. The second-order valence-electron chi connectivity index (χ2n) is 3.37. The van der Waals surface area contributed by atoms with Crippen LogP contribution in [0.15, 0.2) is 24.3 Å². The first-order chi connectivity index (χ1) is 6.72. The normalized spacial score (nSPS) is 12.8. The Bertz CT molecular complexity index is 260. The maximum absolute atomic E-state index is 5.92. The Morgan fingerprint density at radius 2 is 2.00 bits per heavy atom. The van der Waals surface area contributed by atoms with Crippen molar-refractivity contribution in [3.8, 4) is 0 Å². The molecule has 0 radical (unpaired) electrons. The van der Waals surface area contributed by atoms with E-state index in [9.17, 15) is 0 Å². The number of ether oxygens (including phenoxy) is 1. The molecule has 0 spiro atoms. The van der Waals surface area contributed by atoms with Crippen molar-refractivity contribution in [2.45, 2.75) is 18.9 Å². The molecule has 1 atom stereocenters. The van der Waals surface area contributed by atoms with Crippen molar-refractivity contribution in [1.29, 1.82) is 0 Å². The van der Waals surface area contributed by atoms with E-state index in [4.69, 9.17) is 22.1 Å². The summed E-state index contributed by atoms with van der Waals surface area (Å²) in [6, 6.07) is 7.96. The molecule has 1 aromatic carbocycles. The molecule has 78 valence electrons. The monoisotopic (exact) mass is 213 g/mol. The summed E-state index contributed by atoms with van der Waals surface area (Å²) in [6.45, 7) is 0.717. The topological polar surface area (TPSA) is 35.2 Å². The summed E-state index contributed by atoms with van der Waals surface area (Å²) in [5.74, 6) is 0. The molecule has 0 aliphatic carbocycles. The summed E-state index contributed by atoms with van der Waals surface area (Å²) in [6.07, 6.45) is 1.76. The predicted octanol–water partition coefficient (Wildman–Crippen LogP) is 2.25. The summed E-state index contributed by atoms with van der Waals surface area (Å²) in [7, 11) is 1.69. The molecule has 0 aliphatic rings. The van der Waals surface area contributed by atoms with E-state index in [0.29, 0.717) is 0 Å². The van der Waals surface area contributed by atoms with Crippen molar-refractivity contribution in [2.75, 3.05) is 13.7 Å². The maximum Gasteiger partial charge on any atom is 0.0477 e. The summed E-state index contributed by atoms with van der Waals surface area (Å²) in [4.78, 5) is 0. The molecular weight excluding hydrogens is 198 g/mol. The summed E-state index contributed by atoms with van der Waals surface area (Å²) < 4.78 is 4.97. The third-order valence-electron chi connectivity index (χ3n) is 2.10. The quantitative estimate of drug-likeness (QED) is 0.815. The third kappa shape index (κ3) is 4.09. The molecule has 1 rings (SSSR count). The van der Waals surface area contributed by atoms with Crippen molar-refractivity contribution in [3.63, 3.8) is 0 Å². The number of hydrogen-bond donors (Lipinski definition) is 1. The number of rotatable bonds is 5. The lowest BCUT2D eigenvalue weighted by molar-refractivity contribution is 0.188. The van der Waals surface area contributed by atoms with E-state index in [1.807, 2.05) is 24.3 Å². The number of halogens is 1. The summed E-state index contributed by atoms with van der Waals surface area (Å²) in [5.41, 5.74) is 7.14. The van der Waals surface area contributed by atoms with E-state index in [1.54, 1.807) is 7.11 Å². The maximum atomic E-state index is 5.92. The highest BCUT2D eigenvalue weighted by molar-refractivity contribution is 6.30. The molecule has 0 bridgehead atoms. The second-order valence-corrected chi connectivity index (χ2v) is 3.81. The molecule has 2 N–H and O–H groups in total. The molecule has 1 aromatic rings. The minimum Gasteiger partial charge on any atom is -0.385 e. The molecule has 14 heavy (non-hydrogen) atoms. The summed E-state index contributed by atoms with van der Waals surface area (Å²) >= 11 is 5.78. The zero-order chi connectivity index (χ0) is 10.4. The molecule has 0 saturated heterocycles. The minimum atomic E-state index is 0.163. The van der Waals surface area contributed by atoms with Gasteiger partial charge in [0.2, 0.25) is 0 Å². The van der Waals surface area contributed by atoms with E-state index in [-0.39, 0.29) is 6.04 Å². The van der Waals surface area contributed by atoms with Gasteiger partial charge in [-0.05, 0) is 30.5 Å². The zero-order valence-corrected chi connectivity index (χ0v) is 9.13. The summed E-state index contributed by atoms with van der Waals surface area (Å²) in [5, 5.41) is 0.763. The van der Waals surface area contributed by atoms with Crippen LogP contribution in [0.5, 0.6) is 0 Å². The number of nitrogens with two attached hydrogens (primary N) is 1. The lowest BCUT2D eigenvalue weighted by Crippen LogP contribution is -2.24. The Labute approximate surface area is 90.0 Å². The van der Waals surface area contributed by atoms with Crippen LogP contribution in [0, 0.1) is 0 Å². The van der Waals surface area contributed by atoms with Crippen molar-refractivity contribution in [1.82, 2.24) is 0 Å². The zero-order valence-electron chi connectivity index (χ0n) is 8.37. The molecule has 0 heterocycles. The minimum absolute atomic E-state index is 0.163. The molecule has 0 aromatic heterocycles. The van der Waals surface area contributed by atoms with Gasteiger partial charge in [-0.15, -0.1) is 0 Å². The second kappa shape index (κ2) is 6.02. The van der Waals surface area contributed by atoms with Crippen molar-refractivity contribution < 1.29 is 4.74 Å². The molecule has 0 amide bonds. The van der Waals surface area contributed by atoms with E-state index in [2.05, 4.69) is 0 Å². The first-order valence-corrected chi connectivity index (χ1v) is 5.09. The molecule has 0 aliphatic heterocycles. The van der Waals surface area contributed by atoms with Crippen LogP contribution >= 0.6 is 11.6 Å². The Morgan fingerprint density at radius 1 is 1.36 bits per heavy atom. The predicted molar refractivity (Wildman–Crippen MR) is 59.6 cm³/mol. The fourth-order valence-corrected chi connectivity index (χ4v) is 1.42. The van der Waals surface area contributed by atoms with Crippen molar-refractivity contribution >= 4 is 11.6 Å². The Balaban J connectivity index is 2.39. The fraction of sp³-hybridized carbons (Fsp3) is 0.455. The lowest BCUT2D eigenvalue weighted by atomic mass is 10.0. The largest absolute Gasteiger partial charge is 0.385 e. The SMILES string of the molecule is COCCC(N)Cc1ccc(Cl)cc1. The van der Waals surface area contributed by atoms with Gasteiger partial charge in [0.25, 0.3) is 0 Å². The molecule has 1 unspecified atom stereocenters. The van der Waals surface area contributed by atoms with Crippen LogP contribution in [0.3, 0.4) is 0 Å². The van der Waals surface area contributed by atoms with Gasteiger partial charge in [-0.1, -0.05) is 23.7 Å². The fourth-order valence-electron chi connectivity index (χ4n) is 1.29. The highest BCUT2D eigenvalue weighted by Crippen LogP contribution is 2.11. The van der Waals surface area contributed by atoms with Gasteiger partial charge in [-0.3, -0.25) is 0 Å². The van der Waals surface area contributed by atoms with Crippen LogP contribution in [0.1, 0.15) is 12.0 Å². The highest BCUT2D eigenvalue weighted by atomic mass is 35.5. The van der Waals surface area contributed by atoms with Gasteiger partial charge in [0.05, 0.1) is 0 Å².